The minimum atomic E-state index is -4.54. The van der Waals surface area contributed by atoms with E-state index in [0.717, 1.165) is 38.5 Å². The normalized spacial score (nSPS) is 16.2. The Bertz CT molecular complexity index is 582. The summed E-state index contributed by atoms with van der Waals surface area (Å²) in [6.07, 6.45) is 1.24. The number of alkyl halides is 3. The zero-order chi connectivity index (χ0) is 17.9. The fraction of sp³-hybridized carbons (Fsp3) is 0.750. The number of nitrogens with zero attached hydrogens (tertiary/aromatic N) is 2. The van der Waals surface area contributed by atoms with Crippen LogP contribution in [0.25, 0.3) is 0 Å². The summed E-state index contributed by atoms with van der Waals surface area (Å²) in [5, 5.41) is 6.50. The number of aromatic nitrogens is 2. The van der Waals surface area contributed by atoms with Gasteiger partial charge < -0.3 is 5.32 Å². The van der Waals surface area contributed by atoms with Crippen LogP contribution in [0.15, 0.2) is 4.47 Å². The summed E-state index contributed by atoms with van der Waals surface area (Å²) in [6, 6.07) is -0.765. The topological polar surface area (TPSA) is 46.9 Å². The Labute approximate surface area is 148 Å². The highest BCUT2D eigenvalue weighted by molar-refractivity contribution is 9.10. The highest BCUT2D eigenvalue weighted by atomic mass is 79.9. The Kier molecular flexibility index (Phi) is 6.33. The zero-order valence-corrected chi connectivity index (χ0v) is 15.5. The number of rotatable bonds is 8. The first kappa shape index (κ1) is 19.3. The summed E-state index contributed by atoms with van der Waals surface area (Å²) < 4.78 is 40.5. The van der Waals surface area contributed by atoms with Crippen molar-refractivity contribution < 1.29 is 18.0 Å². The number of halogens is 4. The molecular weight excluding hydrogens is 387 g/mol. The van der Waals surface area contributed by atoms with Gasteiger partial charge in [0.05, 0.1) is 10.2 Å². The maximum atomic E-state index is 13.1. The van der Waals surface area contributed by atoms with Crippen molar-refractivity contribution in [2.24, 2.45) is 0 Å². The van der Waals surface area contributed by atoms with Crippen LogP contribution in [0.4, 0.5) is 13.2 Å². The molecule has 1 atom stereocenters. The number of nitrogens with one attached hydrogen (secondary N) is 1. The van der Waals surface area contributed by atoms with Crippen LogP contribution < -0.4 is 5.32 Å². The van der Waals surface area contributed by atoms with Crippen molar-refractivity contribution in [2.75, 3.05) is 6.54 Å². The third-order valence-corrected chi connectivity index (χ3v) is 4.98. The summed E-state index contributed by atoms with van der Waals surface area (Å²) >= 11 is 3.04. The van der Waals surface area contributed by atoms with E-state index in [-0.39, 0.29) is 16.3 Å². The van der Waals surface area contributed by atoms with Gasteiger partial charge in [-0.3, -0.25) is 9.48 Å². The summed E-state index contributed by atoms with van der Waals surface area (Å²) in [5.41, 5.74) is -0.469. The quantitative estimate of drug-likeness (QED) is 0.626. The van der Waals surface area contributed by atoms with E-state index < -0.39 is 17.9 Å². The van der Waals surface area contributed by atoms with E-state index in [4.69, 9.17) is 0 Å². The van der Waals surface area contributed by atoms with Gasteiger partial charge in [-0.25, -0.2) is 0 Å². The second-order valence-corrected chi connectivity index (χ2v) is 7.09. The molecule has 0 saturated heterocycles. The predicted molar refractivity (Wildman–Crippen MR) is 88.8 cm³/mol. The molecule has 1 aliphatic rings. The van der Waals surface area contributed by atoms with E-state index in [1.54, 1.807) is 6.92 Å². The molecule has 1 saturated carbocycles. The number of unbranched alkanes of at least 4 members (excludes halogenated alkanes) is 3. The van der Waals surface area contributed by atoms with Crippen LogP contribution in [-0.4, -0.2) is 22.2 Å². The Morgan fingerprint density at radius 2 is 2.04 bits per heavy atom. The van der Waals surface area contributed by atoms with Gasteiger partial charge in [0.1, 0.15) is 6.04 Å². The van der Waals surface area contributed by atoms with Gasteiger partial charge in [-0.05, 0) is 42.1 Å². The van der Waals surface area contributed by atoms with Crippen LogP contribution in [0.2, 0.25) is 0 Å². The largest absolute Gasteiger partial charge is 0.436 e. The second-order valence-electron chi connectivity index (χ2n) is 6.29. The van der Waals surface area contributed by atoms with Crippen molar-refractivity contribution in [3.8, 4) is 0 Å². The lowest BCUT2D eigenvalue weighted by atomic mass is 10.2. The van der Waals surface area contributed by atoms with Crippen molar-refractivity contribution in [3.05, 3.63) is 15.9 Å². The standard InChI is InChI=1S/C16H23BrF3N3O/c1-3-4-5-6-9-21-15(24)10(2)23-13(11-7-8-11)12(17)14(22-23)16(18,19)20/h10-11H,3-9H2,1-2H3,(H,21,24). The molecule has 136 valence electrons. The minimum Gasteiger partial charge on any atom is -0.354 e. The fourth-order valence-electron chi connectivity index (χ4n) is 2.65. The van der Waals surface area contributed by atoms with Crippen LogP contribution >= 0.6 is 15.9 Å². The summed E-state index contributed by atoms with van der Waals surface area (Å²) in [6.45, 7) is 4.23. The van der Waals surface area contributed by atoms with E-state index >= 15 is 0 Å². The van der Waals surface area contributed by atoms with Crippen LogP contribution in [0.1, 0.15) is 75.7 Å². The Balaban J connectivity index is 2.10. The number of amides is 1. The average molecular weight is 410 g/mol. The monoisotopic (exact) mass is 409 g/mol. The molecule has 4 nitrogen and oxygen atoms in total. The predicted octanol–water partition coefficient (Wildman–Crippen LogP) is 4.80. The van der Waals surface area contributed by atoms with Crippen LogP contribution in [0.3, 0.4) is 0 Å². The molecule has 1 heterocycles. The molecule has 0 spiro atoms. The van der Waals surface area contributed by atoms with Crippen LogP contribution in [-0.2, 0) is 11.0 Å². The highest BCUT2D eigenvalue weighted by Crippen LogP contribution is 2.47. The molecule has 2 rings (SSSR count). The first-order valence-corrected chi connectivity index (χ1v) is 9.19. The van der Waals surface area contributed by atoms with Gasteiger partial charge in [-0.15, -0.1) is 0 Å². The van der Waals surface area contributed by atoms with Gasteiger partial charge in [0.2, 0.25) is 5.91 Å². The molecule has 1 amide bonds. The van der Waals surface area contributed by atoms with Crippen molar-refractivity contribution in [1.29, 1.82) is 0 Å². The van der Waals surface area contributed by atoms with E-state index in [2.05, 4.69) is 33.3 Å². The average Bonchev–Trinajstić information content (AvgIpc) is 3.27. The van der Waals surface area contributed by atoms with Gasteiger partial charge in [0.25, 0.3) is 0 Å². The molecular formula is C16H23BrF3N3O. The van der Waals surface area contributed by atoms with Crippen LogP contribution in [0.5, 0.6) is 0 Å². The molecule has 1 aromatic heterocycles. The SMILES string of the molecule is CCCCCCNC(=O)C(C)n1nc(C(F)(F)F)c(Br)c1C1CC1. The molecule has 1 aliphatic carbocycles. The van der Waals surface area contributed by atoms with E-state index in [9.17, 15) is 18.0 Å². The highest BCUT2D eigenvalue weighted by Gasteiger charge is 2.42. The molecule has 0 radical (unpaired) electrons. The molecule has 0 bridgehead atoms. The van der Waals surface area contributed by atoms with E-state index in [0.29, 0.717) is 12.2 Å². The smallest absolute Gasteiger partial charge is 0.354 e. The second kappa shape index (κ2) is 7.89. The molecule has 1 fully saturated rings. The molecule has 8 heteroatoms. The third kappa shape index (κ3) is 4.52. The Morgan fingerprint density at radius 3 is 2.58 bits per heavy atom. The van der Waals surface area contributed by atoms with E-state index in [1.807, 2.05) is 0 Å². The summed E-state index contributed by atoms with van der Waals surface area (Å²) in [5.74, 6) is -0.250. The fourth-order valence-corrected chi connectivity index (χ4v) is 3.46. The van der Waals surface area contributed by atoms with E-state index in [1.165, 1.54) is 4.68 Å². The molecule has 24 heavy (non-hydrogen) atoms. The first-order chi connectivity index (χ1) is 11.3. The molecule has 1 unspecified atom stereocenters. The van der Waals surface area contributed by atoms with Crippen molar-refractivity contribution in [1.82, 2.24) is 15.1 Å². The first-order valence-electron chi connectivity index (χ1n) is 8.40. The number of hydrogen-bond acceptors (Lipinski definition) is 2. The van der Waals surface area contributed by atoms with Gasteiger partial charge in [-0.2, -0.15) is 18.3 Å². The number of hydrogen-bond donors (Lipinski definition) is 1. The van der Waals surface area contributed by atoms with Crippen molar-refractivity contribution >= 4 is 21.8 Å². The lowest BCUT2D eigenvalue weighted by Crippen LogP contribution is -2.33. The van der Waals surface area contributed by atoms with Gasteiger partial charge in [0, 0.05) is 12.5 Å². The summed E-state index contributed by atoms with van der Waals surface area (Å²) in [7, 11) is 0. The zero-order valence-electron chi connectivity index (χ0n) is 13.9. The van der Waals surface area contributed by atoms with Crippen molar-refractivity contribution in [2.45, 2.75) is 70.5 Å². The maximum Gasteiger partial charge on any atom is 0.436 e. The van der Waals surface area contributed by atoms with Gasteiger partial charge in [0.15, 0.2) is 5.69 Å². The molecule has 1 aromatic rings. The molecule has 1 N–H and O–H groups in total. The lowest BCUT2D eigenvalue weighted by molar-refractivity contribution is -0.142. The minimum absolute atomic E-state index is 0.0277. The Hall–Kier alpha value is -1.05. The third-order valence-electron chi connectivity index (χ3n) is 4.20. The maximum absolute atomic E-state index is 13.1. The number of carbonyl (C=O) groups is 1. The summed E-state index contributed by atoms with van der Waals surface area (Å²) in [4.78, 5) is 12.3. The number of carbonyl (C=O) groups excluding carboxylic acids is 1. The molecule has 0 aliphatic heterocycles. The van der Waals surface area contributed by atoms with Crippen LogP contribution in [0, 0.1) is 0 Å². The van der Waals surface area contributed by atoms with Gasteiger partial charge in [-0.1, -0.05) is 26.2 Å². The lowest BCUT2D eigenvalue weighted by Gasteiger charge is -2.16. The van der Waals surface area contributed by atoms with Gasteiger partial charge >= 0.3 is 6.18 Å². The Morgan fingerprint density at radius 1 is 1.38 bits per heavy atom. The molecule has 0 aromatic carbocycles. The van der Waals surface area contributed by atoms with Crippen molar-refractivity contribution in [3.63, 3.8) is 0 Å².